The number of nitrogens with zero attached hydrogens (tertiary/aromatic N) is 2. The number of benzene rings is 3. The van der Waals surface area contributed by atoms with Crippen molar-refractivity contribution in [3.8, 4) is 5.75 Å². The number of hydrogen-bond acceptors (Lipinski definition) is 6. The summed E-state index contributed by atoms with van der Waals surface area (Å²) >= 11 is 0. The Bertz CT molecular complexity index is 1260. The Balaban J connectivity index is 1.19. The maximum atomic E-state index is 13.1. The van der Waals surface area contributed by atoms with Crippen LogP contribution in [0, 0.1) is 5.92 Å². The minimum Gasteiger partial charge on any atom is -0.497 e. The summed E-state index contributed by atoms with van der Waals surface area (Å²) in [6, 6.07) is 25.6. The molecule has 2 fully saturated rings. The second-order valence-electron chi connectivity index (χ2n) is 10.3. The van der Waals surface area contributed by atoms with Crippen LogP contribution in [0.5, 0.6) is 5.75 Å². The third kappa shape index (κ3) is 6.67. The number of ether oxygens (including phenoxy) is 3. The molecule has 1 aliphatic carbocycles. The summed E-state index contributed by atoms with van der Waals surface area (Å²) in [5, 5.41) is 0. The molecule has 7 nitrogen and oxygen atoms in total. The van der Waals surface area contributed by atoms with Gasteiger partial charge in [0.05, 0.1) is 32.5 Å². The zero-order valence-electron chi connectivity index (χ0n) is 22.6. The average Bonchev–Trinajstić information content (AvgIpc) is 3.81. The zero-order valence-corrected chi connectivity index (χ0v) is 22.6. The Morgan fingerprint density at radius 1 is 0.897 bits per heavy atom. The average molecular weight is 529 g/mol. The first-order chi connectivity index (χ1) is 19.1. The van der Waals surface area contributed by atoms with Crippen LogP contribution in [0.4, 0.5) is 0 Å². The molecule has 3 aromatic rings. The highest BCUT2D eigenvalue weighted by molar-refractivity contribution is 5.89. The van der Waals surface area contributed by atoms with E-state index < -0.39 is 0 Å². The molecule has 1 saturated carbocycles. The fourth-order valence-corrected chi connectivity index (χ4v) is 5.30. The quantitative estimate of drug-likeness (QED) is 0.356. The summed E-state index contributed by atoms with van der Waals surface area (Å²) in [7, 11) is 3.04. The van der Waals surface area contributed by atoms with Gasteiger partial charge < -0.3 is 19.1 Å². The topological polar surface area (TPSA) is 68.3 Å². The summed E-state index contributed by atoms with van der Waals surface area (Å²) in [4.78, 5) is 29.3. The second-order valence-corrected chi connectivity index (χ2v) is 10.3. The van der Waals surface area contributed by atoms with E-state index in [0.717, 1.165) is 49.5 Å². The van der Waals surface area contributed by atoms with Gasteiger partial charge in [-0.3, -0.25) is 9.69 Å². The van der Waals surface area contributed by atoms with Gasteiger partial charge in [-0.1, -0.05) is 54.6 Å². The van der Waals surface area contributed by atoms with Crippen LogP contribution in [0.3, 0.4) is 0 Å². The van der Waals surface area contributed by atoms with Crippen molar-refractivity contribution in [2.45, 2.75) is 25.0 Å². The first-order valence-corrected chi connectivity index (χ1v) is 13.5. The second kappa shape index (κ2) is 12.5. The van der Waals surface area contributed by atoms with Crippen molar-refractivity contribution in [3.63, 3.8) is 0 Å². The van der Waals surface area contributed by atoms with E-state index in [2.05, 4.69) is 23.1 Å². The van der Waals surface area contributed by atoms with Crippen LogP contribution >= 0.6 is 0 Å². The standard InChI is InChI=1S/C32H36N2O5/c1-37-27-10-6-9-26(19-27)30(39-22-23-11-13-25(14-12-23)32(36)38-2)21-33-15-17-34(18-16-33)31(35)29-20-28(29)24-7-4-3-5-8-24/h3-14,19,28-30H,15-18,20-22H2,1-2H3/t28-,29?,30?/m0/s1. The van der Waals surface area contributed by atoms with Gasteiger partial charge in [0.2, 0.25) is 5.91 Å². The normalized spacial score (nSPS) is 19.8. The lowest BCUT2D eigenvalue weighted by atomic mass is 10.1. The van der Waals surface area contributed by atoms with Crippen molar-refractivity contribution in [2.24, 2.45) is 5.92 Å². The lowest BCUT2D eigenvalue weighted by Gasteiger charge is -2.36. The fraction of sp³-hybridized carbons (Fsp3) is 0.375. The Morgan fingerprint density at radius 2 is 1.64 bits per heavy atom. The van der Waals surface area contributed by atoms with Crippen LogP contribution in [0.25, 0.3) is 0 Å². The van der Waals surface area contributed by atoms with Gasteiger partial charge in [0, 0.05) is 38.6 Å². The Hall–Kier alpha value is -3.68. The van der Waals surface area contributed by atoms with E-state index in [0.29, 0.717) is 30.5 Å². The Labute approximate surface area is 230 Å². The molecule has 2 unspecified atom stereocenters. The summed E-state index contributed by atoms with van der Waals surface area (Å²) in [5.41, 5.74) is 3.80. The van der Waals surface area contributed by atoms with Gasteiger partial charge in [0.1, 0.15) is 5.75 Å². The molecule has 1 heterocycles. The maximum absolute atomic E-state index is 13.1. The van der Waals surface area contributed by atoms with Crippen molar-refractivity contribution >= 4 is 11.9 Å². The van der Waals surface area contributed by atoms with E-state index in [9.17, 15) is 9.59 Å². The van der Waals surface area contributed by atoms with Gasteiger partial charge in [-0.15, -0.1) is 0 Å². The third-order valence-electron chi connectivity index (χ3n) is 7.74. The zero-order chi connectivity index (χ0) is 27.2. The molecule has 1 saturated heterocycles. The molecular formula is C32H36N2O5. The molecule has 0 N–H and O–H groups in total. The lowest BCUT2D eigenvalue weighted by molar-refractivity contribution is -0.134. The van der Waals surface area contributed by atoms with Crippen LogP contribution in [-0.4, -0.2) is 68.6 Å². The molecule has 0 spiro atoms. The maximum Gasteiger partial charge on any atom is 0.337 e. The van der Waals surface area contributed by atoms with Crippen LogP contribution < -0.4 is 4.74 Å². The van der Waals surface area contributed by atoms with Crippen LogP contribution in [-0.2, 0) is 20.9 Å². The molecule has 0 aromatic heterocycles. The van der Waals surface area contributed by atoms with Gasteiger partial charge in [-0.05, 0) is 53.3 Å². The van der Waals surface area contributed by atoms with Crippen LogP contribution in [0.15, 0.2) is 78.9 Å². The molecule has 2 aliphatic rings. The van der Waals surface area contributed by atoms with Gasteiger partial charge >= 0.3 is 5.97 Å². The smallest absolute Gasteiger partial charge is 0.337 e. The molecule has 0 radical (unpaired) electrons. The van der Waals surface area contributed by atoms with Gasteiger partial charge in [0.15, 0.2) is 0 Å². The van der Waals surface area contributed by atoms with E-state index in [1.807, 2.05) is 53.4 Å². The monoisotopic (exact) mass is 528 g/mol. The van der Waals surface area contributed by atoms with E-state index in [1.54, 1.807) is 19.2 Å². The summed E-state index contributed by atoms with van der Waals surface area (Å²) in [5.74, 6) is 1.21. The van der Waals surface area contributed by atoms with Crippen molar-refractivity contribution in [1.82, 2.24) is 9.80 Å². The minimum absolute atomic E-state index is 0.123. The molecule has 3 aromatic carbocycles. The number of esters is 1. The minimum atomic E-state index is -0.355. The number of hydrogen-bond donors (Lipinski definition) is 0. The summed E-state index contributed by atoms with van der Waals surface area (Å²) in [6.45, 7) is 4.21. The predicted octanol–water partition coefficient (Wildman–Crippen LogP) is 4.69. The van der Waals surface area contributed by atoms with Gasteiger partial charge in [0.25, 0.3) is 0 Å². The highest BCUT2D eigenvalue weighted by atomic mass is 16.5. The number of carbonyl (C=O) groups excluding carboxylic acids is 2. The first kappa shape index (κ1) is 26.9. The van der Waals surface area contributed by atoms with Crippen LogP contribution in [0.2, 0.25) is 0 Å². The number of piperazine rings is 1. The molecule has 7 heteroatoms. The van der Waals surface area contributed by atoms with Crippen molar-refractivity contribution < 1.29 is 23.8 Å². The molecule has 1 amide bonds. The third-order valence-corrected chi connectivity index (χ3v) is 7.74. The Kier molecular flexibility index (Phi) is 8.59. The first-order valence-electron chi connectivity index (χ1n) is 13.5. The largest absolute Gasteiger partial charge is 0.497 e. The molecule has 3 atom stereocenters. The predicted molar refractivity (Wildman–Crippen MR) is 149 cm³/mol. The molecule has 39 heavy (non-hydrogen) atoms. The molecule has 1 aliphatic heterocycles. The number of carbonyl (C=O) groups is 2. The summed E-state index contributed by atoms with van der Waals surface area (Å²) in [6.07, 6.45) is 0.781. The van der Waals surface area contributed by atoms with Gasteiger partial charge in [-0.25, -0.2) is 4.79 Å². The molecule has 0 bridgehead atoms. The van der Waals surface area contributed by atoms with E-state index in [4.69, 9.17) is 14.2 Å². The van der Waals surface area contributed by atoms with Crippen molar-refractivity contribution in [3.05, 3.63) is 101 Å². The SMILES string of the molecule is COC(=O)c1ccc(COC(CN2CCN(C(=O)C3C[C@H]3c3ccccc3)CC2)c2cccc(OC)c2)cc1. The van der Waals surface area contributed by atoms with E-state index >= 15 is 0 Å². The van der Waals surface area contributed by atoms with E-state index in [-0.39, 0.29) is 18.0 Å². The lowest BCUT2D eigenvalue weighted by Crippen LogP contribution is -2.50. The number of amides is 1. The van der Waals surface area contributed by atoms with Gasteiger partial charge in [-0.2, -0.15) is 0 Å². The molecular weight excluding hydrogens is 492 g/mol. The highest BCUT2D eigenvalue weighted by Gasteiger charge is 2.46. The number of rotatable bonds is 10. The van der Waals surface area contributed by atoms with Crippen molar-refractivity contribution in [2.75, 3.05) is 46.9 Å². The number of methoxy groups -OCH3 is 2. The van der Waals surface area contributed by atoms with Crippen molar-refractivity contribution in [1.29, 1.82) is 0 Å². The molecule has 204 valence electrons. The molecule has 5 rings (SSSR count). The summed E-state index contributed by atoms with van der Waals surface area (Å²) < 4.78 is 16.7. The highest BCUT2D eigenvalue weighted by Crippen LogP contribution is 2.48. The van der Waals surface area contributed by atoms with E-state index in [1.165, 1.54) is 12.7 Å². The fourth-order valence-electron chi connectivity index (χ4n) is 5.30. The Morgan fingerprint density at radius 3 is 2.33 bits per heavy atom. The van der Waals surface area contributed by atoms with Crippen LogP contribution in [0.1, 0.15) is 45.5 Å².